The van der Waals surface area contributed by atoms with Crippen LogP contribution in [-0.2, 0) is 4.79 Å². The molecule has 1 aliphatic heterocycles. The van der Waals surface area contributed by atoms with Gasteiger partial charge in [-0.1, -0.05) is 29.5 Å². The number of Topliss-reactive ketones (excluding diaryl/α,β-unsaturated/α-hetero) is 1. The minimum atomic E-state index is -0.911. The highest BCUT2D eigenvalue weighted by atomic mass is 32.1. The zero-order valence-corrected chi connectivity index (χ0v) is 14.6. The van der Waals surface area contributed by atoms with Crippen molar-refractivity contribution in [2.75, 3.05) is 4.90 Å². The fourth-order valence-electron chi connectivity index (χ4n) is 2.81. The third-order valence-corrected chi connectivity index (χ3v) is 5.50. The Kier molecular flexibility index (Phi) is 4.09. The van der Waals surface area contributed by atoms with Crippen molar-refractivity contribution in [3.63, 3.8) is 0 Å². The van der Waals surface area contributed by atoms with E-state index in [2.05, 4.69) is 10.2 Å². The summed E-state index contributed by atoms with van der Waals surface area (Å²) in [6.07, 6.45) is 0. The summed E-state index contributed by atoms with van der Waals surface area (Å²) in [5.74, 6) is -2.27. The van der Waals surface area contributed by atoms with Crippen LogP contribution in [0, 0.1) is 5.82 Å². The first-order valence-electron chi connectivity index (χ1n) is 7.44. The lowest BCUT2D eigenvalue weighted by atomic mass is 9.95. The van der Waals surface area contributed by atoms with Crippen molar-refractivity contribution in [3.05, 3.63) is 74.9 Å². The Hall–Kier alpha value is -2.91. The Morgan fingerprint density at radius 2 is 1.96 bits per heavy atom. The number of thiophene rings is 1. The molecule has 4 rings (SSSR count). The van der Waals surface area contributed by atoms with E-state index in [9.17, 15) is 19.1 Å². The normalized spacial score (nSPS) is 17.2. The maximum absolute atomic E-state index is 13.3. The van der Waals surface area contributed by atoms with Crippen LogP contribution in [-0.4, -0.2) is 27.0 Å². The van der Waals surface area contributed by atoms with Crippen LogP contribution in [0.5, 0.6) is 0 Å². The van der Waals surface area contributed by atoms with E-state index >= 15 is 0 Å². The van der Waals surface area contributed by atoms with Crippen molar-refractivity contribution < 1.29 is 19.1 Å². The maximum atomic E-state index is 13.3. The number of carbonyl (C=O) groups is 2. The Morgan fingerprint density at radius 3 is 2.58 bits per heavy atom. The van der Waals surface area contributed by atoms with Crippen LogP contribution in [0.4, 0.5) is 9.52 Å². The van der Waals surface area contributed by atoms with Crippen LogP contribution in [0.2, 0.25) is 0 Å². The maximum Gasteiger partial charge on any atom is 0.296 e. The van der Waals surface area contributed by atoms with E-state index < -0.39 is 29.3 Å². The van der Waals surface area contributed by atoms with Gasteiger partial charge >= 0.3 is 0 Å². The number of rotatable bonds is 4. The lowest BCUT2D eigenvalue weighted by Gasteiger charge is -2.23. The van der Waals surface area contributed by atoms with E-state index in [0.717, 1.165) is 11.3 Å². The fourth-order valence-corrected chi connectivity index (χ4v) is 4.07. The van der Waals surface area contributed by atoms with Crippen molar-refractivity contribution in [2.45, 2.75) is 6.04 Å². The molecule has 9 heteroatoms. The molecule has 130 valence electrons. The highest BCUT2D eigenvalue weighted by molar-refractivity contribution is 7.13. The first-order chi connectivity index (χ1) is 12.6. The largest absolute Gasteiger partial charge is 0.503 e. The Balaban J connectivity index is 1.88. The first-order valence-corrected chi connectivity index (χ1v) is 9.20. The van der Waals surface area contributed by atoms with Crippen molar-refractivity contribution in [2.24, 2.45) is 0 Å². The average Bonchev–Trinajstić information content (AvgIpc) is 3.38. The second kappa shape index (κ2) is 6.43. The molecule has 6 nitrogen and oxygen atoms in total. The Labute approximate surface area is 154 Å². The number of amides is 1. The molecule has 1 amide bonds. The van der Waals surface area contributed by atoms with Gasteiger partial charge in [0.1, 0.15) is 11.3 Å². The zero-order valence-electron chi connectivity index (χ0n) is 13.0. The molecule has 3 heterocycles. The van der Waals surface area contributed by atoms with Gasteiger partial charge < -0.3 is 5.11 Å². The topological polar surface area (TPSA) is 83.4 Å². The number of benzene rings is 1. The number of aliphatic hydroxyl groups excluding tert-OH is 1. The molecule has 3 aromatic rings. The second-order valence-corrected chi connectivity index (χ2v) is 7.18. The lowest BCUT2D eigenvalue weighted by molar-refractivity contribution is -0.117. The molecule has 1 N–H and O–H groups in total. The summed E-state index contributed by atoms with van der Waals surface area (Å²) in [5.41, 5.74) is 1.87. The van der Waals surface area contributed by atoms with E-state index in [4.69, 9.17) is 0 Å². The summed E-state index contributed by atoms with van der Waals surface area (Å²) < 4.78 is 13.3. The van der Waals surface area contributed by atoms with Crippen molar-refractivity contribution in [1.82, 2.24) is 10.2 Å². The van der Waals surface area contributed by atoms with Gasteiger partial charge in [-0.15, -0.1) is 21.5 Å². The molecule has 1 atom stereocenters. The van der Waals surface area contributed by atoms with Gasteiger partial charge in [-0.25, -0.2) is 4.39 Å². The van der Waals surface area contributed by atoms with E-state index in [0.29, 0.717) is 10.4 Å². The average molecular weight is 387 g/mol. The standard InChI is InChI=1S/C17H10FN3O3S2/c18-10-5-3-9(4-6-10)13-12(14(22)11-2-1-7-25-11)15(23)16(24)21(13)17-20-19-8-26-17/h1-8,13,23H/t13-/m0/s1. The number of aromatic nitrogens is 2. The number of hydrogen-bond donors (Lipinski definition) is 1. The van der Waals surface area contributed by atoms with Crippen LogP contribution in [0.15, 0.2) is 58.6 Å². The third-order valence-electron chi connectivity index (χ3n) is 3.94. The number of anilines is 1. The molecule has 0 saturated heterocycles. The number of nitrogens with zero attached hydrogens (tertiary/aromatic N) is 3. The molecule has 0 saturated carbocycles. The Bertz CT molecular complexity index is 999. The summed E-state index contributed by atoms with van der Waals surface area (Å²) >= 11 is 2.31. The fraction of sp³-hybridized carbons (Fsp3) is 0.0588. The first kappa shape index (κ1) is 16.6. The van der Waals surface area contributed by atoms with Crippen molar-refractivity contribution >= 4 is 39.5 Å². The van der Waals surface area contributed by atoms with E-state index in [1.165, 1.54) is 46.0 Å². The summed E-state index contributed by atoms with van der Waals surface area (Å²) in [6, 6.07) is 7.84. The van der Waals surface area contributed by atoms with E-state index in [-0.39, 0.29) is 10.7 Å². The molecule has 0 bridgehead atoms. The SMILES string of the molecule is O=C(C1=C(O)C(=O)N(c2nncs2)[C@H]1c1ccc(F)cc1)c1cccs1. The second-order valence-electron chi connectivity index (χ2n) is 5.42. The number of carbonyl (C=O) groups excluding carboxylic acids is 2. The Morgan fingerprint density at radius 1 is 1.19 bits per heavy atom. The number of ketones is 1. The molecule has 0 fully saturated rings. The van der Waals surface area contributed by atoms with Gasteiger partial charge in [0.05, 0.1) is 16.5 Å². The third kappa shape index (κ3) is 2.61. The minimum absolute atomic E-state index is 0.0562. The summed E-state index contributed by atoms with van der Waals surface area (Å²) in [6.45, 7) is 0. The molecule has 26 heavy (non-hydrogen) atoms. The van der Waals surface area contributed by atoms with Gasteiger partial charge in [0.25, 0.3) is 5.91 Å². The predicted molar refractivity (Wildman–Crippen MR) is 94.8 cm³/mol. The molecule has 0 aliphatic carbocycles. The summed E-state index contributed by atoms with van der Waals surface area (Å²) in [4.78, 5) is 27.2. The quantitative estimate of drug-likeness (QED) is 0.693. The van der Waals surface area contributed by atoms with Gasteiger partial charge in [-0.3, -0.25) is 14.5 Å². The van der Waals surface area contributed by atoms with Crippen molar-refractivity contribution in [1.29, 1.82) is 0 Å². The highest BCUT2D eigenvalue weighted by Crippen LogP contribution is 2.42. The summed E-state index contributed by atoms with van der Waals surface area (Å²) in [5, 5.41) is 20.0. The molecule has 0 unspecified atom stereocenters. The van der Waals surface area contributed by atoms with Crippen molar-refractivity contribution in [3.8, 4) is 0 Å². The monoisotopic (exact) mass is 387 g/mol. The molecule has 0 radical (unpaired) electrons. The zero-order chi connectivity index (χ0) is 18.3. The summed E-state index contributed by atoms with van der Waals surface area (Å²) in [7, 11) is 0. The molecular weight excluding hydrogens is 377 g/mol. The van der Waals surface area contributed by atoms with Gasteiger partial charge in [-0.05, 0) is 29.1 Å². The molecular formula is C17H10FN3O3S2. The van der Waals surface area contributed by atoms with E-state index in [1.54, 1.807) is 17.5 Å². The van der Waals surface area contributed by atoms with Crippen LogP contribution in [0.3, 0.4) is 0 Å². The van der Waals surface area contributed by atoms with Gasteiger partial charge in [0.2, 0.25) is 10.9 Å². The smallest absolute Gasteiger partial charge is 0.296 e. The highest BCUT2D eigenvalue weighted by Gasteiger charge is 2.46. The molecule has 2 aromatic heterocycles. The van der Waals surface area contributed by atoms with Crippen LogP contribution < -0.4 is 4.90 Å². The number of aliphatic hydroxyl groups is 1. The van der Waals surface area contributed by atoms with Gasteiger partial charge in [-0.2, -0.15) is 0 Å². The van der Waals surface area contributed by atoms with Gasteiger partial charge in [0, 0.05) is 0 Å². The number of halogens is 1. The lowest BCUT2D eigenvalue weighted by Crippen LogP contribution is -2.31. The minimum Gasteiger partial charge on any atom is -0.503 e. The van der Waals surface area contributed by atoms with Crippen LogP contribution >= 0.6 is 22.7 Å². The van der Waals surface area contributed by atoms with Crippen LogP contribution in [0.1, 0.15) is 21.3 Å². The van der Waals surface area contributed by atoms with E-state index in [1.807, 2.05) is 0 Å². The van der Waals surface area contributed by atoms with Gasteiger partial charge in [0.15, 0.2) is 5.76 Å². The predicted octanol–water partition coefficient (Wildman–Crippen LogP) is 3.52. The molecule has 0 spiro atoms. The number of hydrogen-bond acceptors (Lipinski definition) is 7. The molecule has 1 aromatic carbocycles. The molecule has 1 aliphatic rings. The van der Waals surface area contributed by atoms with Crippen LogP contribution in [0.25, 0.3) is 0 Å².